The highest BCUT2D eigenvalue weighted by Gasteiger charge is 2.19. The molecule has 1 aliphatic heterocycles. The van der Waals surface area contributed by atoms with Crippen molar-refractivity contribution >= 4 is 29.0 Å². The van der Waals surface area contributed by atoms with Gasteiger partial charge in [0.25, 0.3) is 0 Å². The van der Waals surface area contributed by atoms with Crippen LogP contribution in [-0.4, -0.2) is 54.5 Å². The molecular formula is C13H20ClN5O. The van der Waals surface area contributed by atoms with Gasteiger partial charge in [0.15, 0.2) is 5.82 Å². The lowest BCUT2D eigenvalue weighted by Gasteiger charge is -2.18. The zero-order valence-corrected chi connectivity index (χ0v) is 12.7. The molecule has 1 saturated heterocycles. The van der Waals surface area contributed by atoms with Gasteiger partial charge in [-0.3, -0.25) is 4.79 Å². The number of halogens is 1. The van der Waals surface area contributed by atoms with Crippen LogP contribution in [0, 0.1) is 0 Å². The molecule has 0 unspecified atom stereocenters. The molecule has 0 spiro atoms. The van der Waals surface area contributed by atoms with Crippen LogP contribution in [0.4, 0.5) is 11.5 Å². The molecule has 6 nitrogen and oxygen atoms in total. The number of nitrogens with zero attached hydrogens (tertiary/aromatic N) is 4. The average molecular weight is 298 g/mol. The van der Waals surface area contributed by atoms with Gasteiger partial charge in [-0.05, 0) is 24.4 Å². The maximum Gasteiger partial charge on any atom is 0.224 e. The fourth-order valence-corrected chi connectivity index (χ4v) is 2.36. The quantitative estimate of drug-likeness (QED) is 0.639. The second-order valence-electron chi connectivity index (χ2n) is 5.03. The van der Waals surface area contributed by atoms with Gasteiger partial charge in [-0.15, -0.1) is 0 Å². The number of aromatic nitrogens is 2. The Labute approximate surface area is 124 Å². The van der Waals surface area contributed by atoms with Crippen molar-refractivity contribution in [3.63, 3.8) is 0 Å². The number of anilines is 2. The average Bonchev–Trinajstić information content (AvgIpc) is 2.80. The van der Waals surface area contributed by atoms with E-state index in [2.05, 4.69) is 15.3 Å². The van der Waals surface area contributed by atoms with Crippen molar-refractivity contribution in [3.05, 3.63) is 11.5 Å². The van der Waals surface area contributed by atoms with Crippen molar-refractivity contribution in [1.82, 2.24) is 14.9 Å². The molecule has 110 valence electrons. The molecule has 0 bridgehead atoms. The molecule has 2 heterocycles. The number of carbonyl (C=O) groups is 1. The van der Waals surface area contributed by atoms with Crippen LogP contribution in [0.25, 0.3) is 0 Å². The minimum absolute atomic E-state index is 0.229. The van der Waals surface area contributed by atoms with E-state index in [9.17, 15) is 4.79 Å². The summed E-state index contributed by atoms with van der Waals surface area (Å²) in [6.07, 6.45) is 4.26. The molecule has 7 heteroatoms. The summed E-state index contributed by atoms with van der Waals surface area (Å²) in [5.74, 6) is 0.992. The van der Waals surface area contributed by atoms with Crippen LogP contribution in [-0.2, 0) is 4.79 Å². The first-order valence-corrected chi connectivity index (χ1v) is 7.17. The topological polar surface area (TPSA) is 61.4 Å². The Balaban J connectivity index is 1.84. The SMILES string of the molecule is CN(C)c1cnc(Cl)nc1NCCCN1CCCC1=O. The number of nitrogens with one attached hydrogen (secondary N) is 1. The Bertz CT molecular complexity index is 480. The summed E-state index contributed by atoms with van der Waals surface area (Å²) >= 11 is 5.82. The summed E-state index contributed by atoms with van der Waals surface area (Å²) in [6.45, 7) is 2.43. The molecule has 1 amide bonds. The number of hydrogen-bond acceptors (Lipinski definition) is 5. The first kappa shape index (κ1) is 14.8. The first-order chi connectivity index (χ1) is 9.58. The van der Waals surface area contributed by atoms with Crippen LogP contribution in [0.2, 0.25) is 5.28 Å². The Kier molecular flexibility index (Phi) is 5.00. The molecule has 1 fully saturated rings. The second-order valence-corrected chi connectivity index (χ2v) is 5.37. The molecule has 1 aromatic rings. The molecule has 0 radical (unpaired) electrons. The van der Waals surface area contributed by atoms with E-state index < -0.39 is 0 Å². The molecule has 1 aliphatic rings. The van der Waals surface area contributed by atoms with Crippen molar-refractivity contribution < 1.29 is 4.79 Å². The summed E-state index contributed by atoms with van der Waals surface area (Å²) < 4.78 is 0. The van der Waals surface area contributed by atoms with Crippen molar-refractivity contribution in [1.29, 1.82) is 0 Å². The monoisotopic (exact) mass is 297 g/mol. The lowest BCUT2D eigenvalue weighted by Crippen LogP contribution is -2.27. The van der Waals surface area contributed by atoms with Crippen LogP contribution >= 0.6 is 11.6 Å². The van der Waals surface area contributed by atoms with Gasteiger partial charge >= 0.3 is 0 Å². The smallest absolute Gasteiger partial charge is 0.224 e. The van der Waals surface area contributed by atoms with Gasteiger partial charge in [0.05, 0.1) is 11.9 Å². The number of hydrogen-bond donors (Lipinski definition) is 1. The van der Waals surface area contributed by atoms with Crippen molar-refractivity contribution in [3.8, 4) is 0 Å². The summed E-state index contributed by atoms with van der Waals surface area (Å²) in [5.41, 5.74) is 0.895. The third-order valence-corrected chi connectivity index (χ3v) is 3.47. The Morgan fingerprint density at radius 2 is 2.30 bits per heavy atom. The Morgan fingerprint density at radius 1 is 1.50 bits per heavy atom. The predicted octanol–water partition coefficient (Wildman–Crippen LogP) is 1.62. The van der Waals surface area contributed by atoms with E-state index in [1.165, 1.54) is 0 Å². The number of rotatable bonds is 6. The Morgan fingerprint density at radius 3 is 2.95 bits per heavy atom. The van der Waals surface area contributed by atoms with Crippen molar-refractivity contribution in [2.45, 2.75) is 19.3 Å². The van der Waals surface area contributed by atoms with Gasteiger partial charge in [-0.25, -0.2) is 4.98 Å². The van der Waals surface area contributed by atoms with E-state index in [-0.39, 0.29) is 11.2 Å². The normalized spacial score (nSPS) is 14.8. The number of amides is 1. The molecule has 1 aromatic heterocycles. The first-order valence-electron chi connectivity index (χ1n) is 6.79. The largest absolute Gasteiger partial charge is 0.373 e. The molecule has 0 saturated carbocycles. The predicted molar refractivity (Wildman–Crippen MR) is 80.3 cm³/mol. The van der Waals surface area contributed by atoms with E-state index in [0.29, 0.717) is 6.42 Å². The van der Waals surface area contributed by atoms with Crippen LogP contribution in [0.15, 0.2) is 6.20 Å². The molecule has 2 rings (SSSR count). The molecule has 0 atom stereocenters. The van der Waals surface area contributed by atoms with Crippen molar-refractivity contribution in [2.24, 2.45) is 0 Å². The van der Waals surface area contributed by atoms with Gasteiger partial charge in [-0.1, -0.05) is 0 Å². The number of carbonyl (C=O) groups excluding carboxylic acids is 1. The van der Waals surface area contributed by atoms with E-state index in [4.69, 9.17) is 11.6 Å². The van der Waals surface area contributed by atoms with E-state index in [1.807, 2.05) is 23.9 Å². The summed E-state index contributed by atoms with van der Waals surface area (Å²) in [7, 11) is 3.86. The van der Waals surface area contributed by atoms with E-state index in [1.54, 1.807) is 6.20 Å². The number of likely N-dealkylation sites (tertiary alicyclic amines) is 1. The van der Waals surface area contributed by atoms with E-state index >= 15 is 0 Å². The summed E-state index contributed by atoms with van der Waals surface area (Å²) in [6, 6.07) is 0. The van der Waals surface area contributed by atoms with Gasteiger partial charge in [0.2, 0.25) is 11.2 Å². The van der Waals surface area contributed by atoms with Gasteiger partial charge in [0.1, 0.15) is 0 Å². The van der Waals surface area contributed by atoms with Gasteiger partial charge < -0.3 is 15.1 Å². The zero-order valence-electron chi connectivity index (χ0n) is 11.9. The second kappa shape index (κ2) is 6.74. The molecule has 0 aromatic carbocycles. The molecule has 1 N–H and O–H groups in total. The highest BCUT2D eigenvalue weighted by atomic mass is 35.5. The standard InChI is InChI=1S/C13H20ClN5O/c1-18(2)10-9-16-13(14)17-12(10)15-6-4-8-19-7-3-5-11(19)20/h9H,3-8H2,1-2H3,(H,15,16,17). The van der Waals surface area contributed by atoms with Gasteiger partial charge in [-0.2, -0.15) is 4.98 Å². The van der Waals surface area contributed by atoms with Crippen LogP contribution < -0.4 is 10.2 Å². The summed E-state index contributed by atoms with van der Waals surface area (Å²) in [4.78, 5) is 23.5. The fraction of sp³-hybridized carbons (Fsp3) is 0.615. The van der Waals surface area contributed by atoms with Gasteiger partial charge in [0, 0.05) is 40.2 Å². The van der Waals surface area contributed by atoms with Crippen LogP contribution in [0.1, 0.15) is 19.3 Å². The zero-order chi connectivity index (χ0) is 14.5. The molecule has 20 heavy (non-hydrogen) atoms. The third kappa shape index (κ3) is 3.72. The highest BCUT2D eigenvalue weighted by molar-refractivity contribution is 6.28. The van der Waals surface area contributed by atoms with E-state index in [0.717, 1.165) is 44.0 Å². The molecule has 0 aliphatic carbocycles. The highest BCUT2D eigenvalue weighted by Crippen LogP contribution is 2.22. The minimum Gasteiger partial charge on any atom is -0.373 e. The van der Waals surface area contributed by atoms with Crippen molar-refractivity contribution in [2.75, 3.05) is 43.9 Å². The lowest BCUT2D eigenvalue weighted by atomic mass is 10.3. The molecular weight excluding hydrogens is 278 g/mol. The maximum atomic E-state index is 11.5. The van der Waals surface area contributed by atoms with Crippen LogP contribution in [0.3, 0.4) is 0 Å². The minimum atomic E-state index is 0.229. The third-order valence-electron chi connectivity index (χ3n) is 3.29. The Hall–Kier alpha value is -1.56. The lowest BCUT2D eigenvalue weighted by molar-refractivity contribution is -0.127. The maximum absolute atomic E-state index is 11.5. The fourth-order valence-electron chi connectivity index (χ4n) is 2.23. The van der Waals surface area contributed by atoms with Crippen LogP contribution in [0.5, 0.6) is 0 Å². The summed E-state index contributed by atoms with van der Waals surface area (Å²) in [5, 5.41) is 3.49.